The second-order valence-corrected chi connectivity index (χ2v) is 13.4. The van der Waals surface area contributed by atoms with E-state index in [0.29, 0.717) is 5.82 Å². The normalized spacial score (nSPS) is 11.7. The lowest BCUT2D eigenvalue weighted by Gasteiger charge is -2.40. The molecule has 1 aromatic heterocycles. The van der Waals surface area contributed by atoms with E-state index in [2.05, 4.69) is 215 Å². The molecule has 0 spiro atoms. The maximum absolute atomic E-state index is 6.49. The van der Waals surface area contributed by atoms with Crippen molar-refractivity contribution >= 4 is 23.2 Å². The van der Waals surface area contributed by atoms with Crippen LogP contribution in [0.1, 0.15) is 44.5 Å². The van der Waals surface area contributed by atoms with Crippen molar-refractivity contribution in [1.82, 2.24) is 15.0 Å². The number of hydrogen-bond acceptors (Lipinski definition) is 3. The molecule has 0 fully saturated rings. The summed E-state index contributed by atoms with van der Waals surface area (Å²) in [5.74, 6) is 0.388. The minimum absolute atomic E-state index is 0.0304. The van der Waals surface area contributed by atoms with Crippen LogP contribution in [0.3, 0.4) is 0 Å². The first-order chi connectivity index (χ1) is 25.6. The molecule has 0 saturated carbocycles. The van der Waals surface area contributed by atoms with Gasteiger partial charge in [-0.2, -0.15) is 15.0 Å². The van der Waals surface area contributed by atoms with Crippen molar-refractivity contribution in [1.29, 1.82) is 0 Å². The first kappa shape index (κ1) is 33.3. The van der Waals surface area contributed by atoms with E-state index in [4.69, 9.17) is 23.2 Å². The summed E-state index contributed by atoms with van der Waals surface area (Å²) in [5, 5.41) is 0.0608. The minimum Gasteiger partial charge on any atom is -0.198 e. The lowest BCUT2D eigenvalue weighted by molar-refractivity contribution is 0.718. The van der Waals surface area contributed by atoms with E-state index >= 15 is 0 Å². The van der Waals surface area contributed by atoms with Gasteiger partial charge in [-0.15, -0.1) is 0 Å². The summed E-state index contributed by atoms with van der Waals surface area (Å²) in [6.45, 7) is 0. The van der Waals surface area contributed by atoms with Gasteiger partial charge >= 0.3 is 0 Å². The van der Waals surface area contributed by atoms with Crippen LogP contribution >= 0.6 is 23.2 Å². The van der Waals surface area contributed by atoms with E-state index in [1.165, 1.54) is 0 Å². The number of halogens is 2. The average molecular weight is 711 g/mol. The molecule has 3 nitrogen and oxygen atoms in total. The fourth-order valence-corrected chi connectivity index (χ4v) is 8.14. The Balaban J connectivity index is 1.59. The number of nitrogens with zero attached hydrogens (tertiary/aromatic N) is 3. The molecule has 0 bridgehead atoms. The summed E-state index contributed by atoms with van der Waals surface area (Å²) < 4.78 is 0. The fourth-order valence-electron chi connectivity index (χ4n) is 7.77. The van der Waals surface area contributed by atoms with Crippen molar-refractivity contribution in [2.45, 2.75) is 10.8 Å². The van der Waals surface area contributed by atoms with Crippen LogP contribution in [0.4, 0.5) is 0 Å². The largest absolute Gasteiger partial charge is 0.227 e. The highest BCUT2D eigenvalue weighted by Gasteiger charge is 2.43. The molecule has 8 rings (SSSR count). The highest BCUT2D eigenvalue weighted by molar-refractivity contribution is 6.31. The molecule has 0 aliphatic carbocycles. The lowest BCUT2D eigenvalue weighted by Crippen LogP contribution is -2.34. The fraction of sp³-hybridized carbons (Fsp3) is 0.0426. The molecule has 0 amide bonds. The molecule has 52 heavy (non-hydrogen) atoms. The van der Waals surface area contributed by atoms with E-state index in [1.54, 1.807) is 0 Å². The zero-order chi connectivity index (χ0) is 35.4. The van der Waals surface area contributed by atoms with Crippen molar-refractivity contribution < 1.29 is 0 Å². The first-order valence-corrected chi connectivity index (χ1v) is 17.9. The second kappa shape index (κ2) is 14.4. The maximum Gasteiger partial charge on any atom is 0.227 e. The Morgan fingerprint density at radius 3 is 0.788 bits per heavy atom. The Hall–Kier alpha value is -5.87. The Kier molecular flexibility index (Phi) is 9.22. The third-order valence-electron chi connectivity index (χ3n) is 9.88. The van der Waals surface area contributed by atoms with Gasteiger partial charge in [-0.25, -0.2) is 0 Å². The molecule has 0 radical (unpaired) electrons. The number of aromatic nitrogens is 3. The molecule has 8 aromatic rings. The van der Waals surface area contributed by atoms with Crippen LogP contribution in [0.5, 0.6) is 0 Å². The van der Waals surface area contributed by atoms with Gasteiger partial charge in [-0.05, 0) is 79.8 Å². The van der Waals surface area contributed by atoms with Crippen molar-refractivity contribution in [3.05, 3.63) is 255 Å². The van der Waals surface area contributed by atoms with E-state index < -0.39 is 10.8 Å². The molecular formula is C47H33Cl2N3. The van der Waals surface area contributed by atoms with Crippen LogP contribution in [0.25, 0.3) is 11.4 Å². The topological polar surface area (TPSA) is 38.7 Å². The molecule has 0 N–H and O–H groups in total. The van der Waals surface area contributed by atoms with Crippen LogP contribution in [-0.4, -0.2) is 15.0 Å². The second-order valence-electron chi connectivity index (χ2n) is 12.7. The number of benzene rings is 7. The molecule has 0 aliphatic heterocycles. The smallest absolute Gasteiger partial charge is 0.198 e. The average Bonchev–Trinajstić information content (AvgIpc) is 3.21. The molecule has 5 heteroatoms. The Labute approximate surface area is 314 Å². The zero-order valence-corrected chi connectivity index (χ0v) is 29.7. The lowest BCUT2D eigenvalue weighted by atomic mass is 9.61. The van der Waals surface area contributed by atoms with Gasteiger partial charge in [0.1, 0.15) is 0 Å². The number of rotatable bonds is 9. The predicted molar refractivity (Wildman–Crippen MR) is 212 cm³/mol. The first-order valence-electron chi connectivity index (χ1n) is 17.2. The quantitative estimate of drug-likeness (QED) is 0.140. The molecule has 0 aliphatic rings. The van der Waals surface area contributed by atoms with Crippen LogP contribution in [-0.2, 0) is 10.8 Å². The summed E-state index contributed by atoms with van der Waals surface area (Å²) in [7, 11) is 0. The molecule has 0 atom stereocenters. The Bertz CT molecular complexity index is 2050. The Morgan fingerprint density at radius 1 is 0.288 bits per heavy atom. The number of hydrogen-bond donors (Lipinski definition) is 0. The highest BCUT2D eigenvalue weighted by atomic mass is 35.5. The van der Waals surface area contributed by atoms with Crippen molar-refractivity contribution in [3.63, 3.8) is 0 Å². The molecule has 250 valence electrons. The van der Waals surface area contributed by atoms with Gasteiger partial charge in [-0.1, -0.05) is 188 Å². The van der Waals surface area contributed by atoms with Crippen molar-refractivity contribution in [3.8, 4) is 11.4 Å². The highest BCUT2D eigenvalue weighted by Crippen LogP contribution is 2.50. The standard InChI is InChI=1S/C47H33Cl2N3/c48-44-50-43(51-45(49)52-44)34-31-41(46(35-19-7-1-8-20-35,36-21-9-2-10-22-36)37-23-11-3-12-24-37)33-42(32-34)47(38-25-13-4-14-26-38,39-27-15-5-16-28-39)40-29-17-6-18-30-40/h1-33H. The van der Waals surface area contributed by atoms with Crippen LogP contribution in [0.2, 0.25) is 10.6 Å². The van der Waals surface area contributed by atoms with Gasteiger partial charge in [-0.3, -0.25) is 0 Å². The van der Waals surface area contributed by atoms with Gasteiger partial charge in [0.2, 0.25) is 10.6 Å². The molecule has 0 saturated heterocycles. The van der Waals surface area contributed by atoms with Gasteiger partial charge in [0, 0.05) is 5.56 Å². The SMILES string of the molecule is Clc1nc(Cl)nc(-c2cc(C(c3ccccc3)(c3ccccc3)c3ccccc3)cc(C(c3ccccc3)(c3ccccc3)c3ccccc3)c2)n1. The monoisotopic (exact) mass is 709 g/mol. The summed E-state index contributed by atoms with van der Waals surface area (Å²) in [4.78, 5) is 13.4. The van der Waals surface area contributed by atoms with E-state index in [9.17, 15) is 0 Å². The van der Waals surface area contributed by atoms with E-state index in [1.807, 2.05) is 0 Å². The van der Waals surface area contributed by atoms with E-state index in [0.717, 1.165) is 50.1 Å². The molecule has 7 aromatic carbocycles. The maximum atomic E-state index is 6.49. The predicted octanol–water partition coefficient (Wildman–Crippen LogP) is 11.6. The third kappa shape index (κ3) is 5.88. The van der Waals surface area contributed by atoms with Gasteiger partial charge in [0.05, 0.1) is 10.8 Å². The van der Waals surface area contributed by atoms with E-state index in [-0.39, 0.29) is 10.6 Å². The molecule has 1 heterocycles. The van der Waals surface area contributed by atoms with Crippen molar-refractivity contribution in [2.75, 3.05) is 0 Å². The van der Waals surface area contributed by atoms with Crippen LogP contribution < -0.4 is 0 Å². The Morgan fingerprint density at radius 2 is 0.538 bits per heavy atom. The third-order valence-corrected chi connectivity index (χ3v) is 10.2. The minimum atomic E-state index is -0.759. The molecule has 0 unspecified atom stereocenters. The van der Waals surface area contributed by atoms with Crippen molar-refractivity contribution in [2.24, 2.45) is 0 Å². The van der Waals surface area contributed by atoms with Crippen LogP contribution in [0.15, 0.2) is 200 Å². The summed E-state index contributed by atoms with van der Waals surface area (Å²) in [6, 6.07) is 70.9. The van der Waals surface area contributed by atoms with Crippen LogP contribution in [0, 0.1) is 0 Å². The van der Waals surface area contributed by atoms with Gasteiger partial charge < -0.3 is 0 Å². The van der Waals surface area contributed by atoms with Gasteiger partial charge in [0.15, 0.2) is 5.82 Å². The molecular weight excluding hydrogens is 677 g/mol. The zero-order valence-electron chi connectivity index (χ0n) is 28.2. The van der Waals surface area contributed by atoms with Gasteiger partial charge in [0.25, 0.3) is 0 Å². The summed E-state index contributed by atoms with van der Waals surface area (Å²) in [6.07, 6.45) is 0. The summed E-state index contributed by atoms with van der Waals surface area (Å²) in [5.41, 5.74) is 8.01. The summed E-state index contributed by atoms with van der Waals surface area (Å²) >= 11 is 13.0.